The third-order valence-corrected chi connectivity index (χ3v) is 5.62. The molecule has 0 saturated heterocycles. The zero-order valence-corrected chi connectivity index (χ0v) is 23.2. The summed E-state index contributed by atoms with van der Waals surface area (Å²) < 4.78 is 10.1. The van der Waals surface area contributed by atoms with E-state index in [0.717, 1.165) is 77.0 Å². The van der Waals surface area contributed by atoms with Gasteiger partial charge in [-0.1, -0.05) is 87.6 Å². The summed E-state index contributed by atoms with van der Waals surface area (Å²) in [6.45, 7) is 2.14. The van der Waals surface area contributed by atoms with Crippen LogP contribution in [0.5, 0.6) is 0 Å². The molecule has 1 atom stereocenters. The normalized spacial score (nSPS) is 12.8. The lowest BCUT2D eigenvalue weighted by Crippen LogP contribution is -2.25. The van der Waals surface area contributed by atoms with E-state index >= 15 is 0 Å². The summed E-state index contributed by atoms with van der Waals surface area (Å²) in [5.41, 5.74) is 0. The molecular formula is C31H52O6. The number of allylic oxidation sites excluding steroid dienone is 8. The van der Waals surface area contributed by atoms with Crippen LogP contribution >= 0.6 is 0 Å². The van der Waals surface area contributed by atoms with E-state index in [1.165, 1.54) is 6.42 Å². The maximum absolute atomic E-state index is 11.8. The van der Waals surface area contributed by atoms with Gasteiger partial charge in [0.2, 0.25) is 0 Å². The molecule has 0 bridgehead atoms. The highest BCUT2D eigenvalue weighted by molar-refractivity contribution is 5.69. The lowest BCUT2D eigenvalue weighted by Gasteiger charge is -2.12. The van der Waals surface area contributed by atoms with Gasteiger partial charge in [-0.25, -0.2) is 0 Å². The molecule has 0 saturated carbocycles. The van der Waals surface area contributed by atoms with Crippen LogP contribution in [0.2, 0.25) is 0 Å². The molecule has 6 heteroatoms. The van der Waals surface area contributed by atoms with Crippen molar-refractivity contribution in [2.75, 3.05) is 19.8 Å². The molecule has 37 heavy (non-hydrogen) atoms. The zero-order valence-electron chi connectivity index (χ0n) is 23.2. The van der Waals surface area contributed by atoms with Gasteiger partial charge in [0.05, 0.1) is 0 Å². The molecule has 0 aliphatic rings. The zero-order chi connectivity index (χ0) is 27.2. The van der Waals surface area contributed by atoms with Gasteiger partial charge in [-0.2, -0.15) is 0 Å². The first-order valence-electron chi connectivity index (χ1n) is 14.3. The Hall–Kier alpha value is -2.18. The monoisotopic (exact) mass is 520 g/mol. The number of aliphatic hydroxyl groups is 2. The molecular weight excluding hydrogens is 468 g/mol. The number of carbonyl (C=O) groups is 2. The summed E-state index contributed by atoms with van der Waals surface area (Å²) in [7, 11) is 0. The van der Waals surface area contributed by atoms with Gasteiger partial charge in [0.1, 0.15) is 19.3 Å². The molecule has 0 aromatic carbocycles. The minimum Gasteiger partial charge on any atom is -0.463 e. The van der Waals surface area contributed by atoms with Crippen LogP contribution in [-0.2, 0) is 19.1 Å². The van der Waals surface area contributed by atoms with Crippen LogP contribution in [0.4, 0.5) is 0 Å². The van der Waals surface area contributed by atoms with Gasteiger partial charge in [-0.15, -0.1) is 0 Å². The SMILES string of the molecule is CCCCCCCC(=O)OC[C@@H](O)COC(=O)CCC/C=C\C/C=C\C/C=C\C/C=C\CCCCCO. The maximum Gasteiger partial charge on any atom is 0.305 e. The number of hydrogen-bond donors (Lipinski definition) is 2. The summed E-state index contributed by atoms with van der Waals surface area (Å²) in [4.78, 5) is 23.4. The fourth-order valence-corrected chi connectivity index (χ4v) is 3.41. The summed E-state index contributed by atoms with van der Waals surface area (Å²) in [6.07, 6.45) is 30.6. The third-order valence-electron chi connectivity index (χ3n) is 5.62. The Morgan fingerprint density at radius 1 is 0.622 bits per heavy atom. The first-order chi connectivity index (χ1) is 18.1. The van der Waals surface area contributed by atoms with Crippen molar-refractivity contribution >= 4 is 11.9 Å². The molecule has 0 heterocycles. The van der Waals surface area contributed by atoms with Gasteiger partial charge in [0.25, 0.3) is 0 Å². The molecule has 212 valence electrons. The minimum atomic E-state index is -0.987. The molecule has 0 rings (SSSR count). The van der Waals surface area contributed by atoms with Crippen molar-refractivity contribution in [3.05, 3.63) is 48.6 Å². The van der Waals surface area contributed by atoms with Gasteiger partial charge in [-0.05, 0) is 57.8 Å². The van der Waals surface area contributed by atoms with Gasteiger partial charge >= 0.3 is 11.9 Å². The Morgan fingerprint density at radius 2 is 1.08 bits per heavy atom. The van der Waals surface area contributed by atoms with Crippen LogP contribution in [0.1, 0.15) is 110 Å². The summed E-state index contributed by atoms with van der Waals surface area (Å²) in [5.74, 6) is -0.664. The highest BCUT2D eigenvalue weighted by Crippen LogP contribution is 2.06. The van der Waals surface area contributed by atoms with Gasteiger partial charge in [-0.3, -0.25) is 9.59 Å². The van der Waals surface area contributed by atoms with Gasteiger partial charge in [0.15, 0.2) is 0 Å². The second-order valence-electron chi connectivity index (χ2n) is 9.24. The van der Waals surface area contributed by atoms with Crippen LogP contribution in [-0.4, -0.2) is 48.1 Å². The highest BCUT2D eigenvalue weighted by atomic mass is 16.6. The number of rotatable bonds is 25. The molecule has 6 nitrogen and oxygen atoms in total. The topological polar surface area (TPSA) is 93.1 Å². The van der Waals surface area contributed by atoms with Crippen molar-refractivity contribution < 1.29 is 29.3 Å². The molecule has 0 aromatic heterocycles. The van der Waals surface area contributed by atoms with Crippen LogP contribution in [0.25, 0.3) is 0 Å². The molecule has 2 N–H and O–H groups in total. The summed E-state index contributed by atoms with van der Waals surface area (Å²) in [5, 5.41) is 18.6. The van der Waals surface area contributed by atoms with E-state index in [1.54, 1.807) is 0 Å². The average molecular weight is 521 g/mol. The van der Waals surface area contributed by atoms with E-state index < -0.39 is 6.10 Å². The largest absolute Gasteiger partial charge is 0.463 e. The second-order valence-corrected chi connectivity index (χ2v) is 9.24. The van der Waals surface area contributed by atoms with Crippen LogP contribution in [0, 0.1) is 0 Å². The highest BCUT2D eigenvalue weighted by Gasteiger charge is 2.11. The predicted molar refractivity (Wildman–Crippen MR) is 151 cm³/mol. The fourth-order valence-electron chi connectivity index (χ4n) is 3.41. The average Bonchev–Trinajstić information content (AvgIpc) is 2.90. The Bertz CT molecular complexity index is 650. The fraction of sp³-hybridized carbons (Fsp3) is 0.677. The van der Waals surface area contributed by atoms with Crippen LogP contribution in [0.3, 0.4) is 0 Å². The first-order valence-corrected chi connectivity index (χ1v) is 14.3. The van der Waals surface area contributed by atoms with E-state index in [1.807, 2.05) is 0 Å². The van der Waals surface area contributed by atoms with Crippen molar-refractivity contribution in [2.24, 2.45) is 0 Å². The van der Waals surface area contributed by atoms with Gasteiger partial charge < -0.3 is 19.7 Å². The molecule has 0 amide bonds. The van der Waals surface area contributed by atoms with Crippen molar-refractivity contribution in [1.82, 2.24) is 0 Å². The Balaban J connectivity index is 3.60. The van der Waals surface area contributed by atoms with E-state index in [-0.39, 0.29) is 25.2 Å². The standard InChI is InChI=1S/C31H52O6/c1-2-3-4-18-21-24-30(34)36-27-29(33)28-37-31(35)25-22-19-16-14-12-10-8-6-5-7-9-11-13-15-17-20-23-26-32/h5,7-8,10-11,13-14,16,29,32-33H,2-4,6,9,12,15,17-28H2,1H3/b7-5-,10-8-,13-11-,16-14-/t29-/m1/s1. The van der Waals surface area contributed by atoms with Crippen LogP contribution in [0.15, 0.2) is 48.6 Å². The minimum absolute atomic E-state index is 0.142. The van der Waals surface area contributed by atoms with E-state index in [2.05, 4.69) is 55.5 Å². The second kappa shape index (κ2) is 28.4. The quantitative estimate of drug-likeness (QED) is 0.0771. The van der Waals surface area contributed by atoms with Crippen molar-refractivity contribution in [3.63, 3.8) is 0 Å². The number of ether oxygens (including phenoxy) is 2. The summed E-state index contributed by atoms with van der Waals surface area (Å²) >= 11 is 0. The Kier molecular flexibility index (Phi) is 26.7. The Morgan fingerprint density at radius 3 is 1.62 bits per heavy atom. The van der Waals surface area contributed by atoms with Crippen LogP contribution < -0.4 is 0 Å². The molecule has 0 fully saturated rings. The molecule has 0 aromatic rings. The molecule has 0 aliphatic heterocycles. The first kappa shape index (κ1) is 34.8. The lowest BCUT2D eigenvalue weighted by atomic mass is 10.1. The van der Waals surface area contributed by atoms with Crippen molar-refractivity contribution in [3.8, 4) is 0 Å². The Labute approximate surface area is 225 Å². The third kappa shape index (κ3) is 28.2. The number of esters is 2. The number of carbonyl (C=O) groups excluding carboxylic acids is 2. The molecule has 0 unspecified atom stereocenters. The van der Waals surface area contributed by atoms with E-state index in [9.17, 15) is 14.7 Å². The van der Waals surface area contributed by atoms with E-state index in [0.29, 0.717) is 25.9 Å². The van der Waals surface area contributed by atoms with Crippen molar-refractivity contribution in [2.45, 2.75) is 116 Å². The smallest absolute Gasteiger partial charge is 0.305 e. The van der Waals surface area contributed by atoms with Gasteiger partial charge in [0, 0.05) is 19.4 Å². The molecule has 0 radical (unpaired) electrons. The lowest BCUT2D eigenvalue weighted by molar-refractivity contribution is -0.152. The number of hydrogen-bond acceptors (Lipinski definition) is 6. The summed E-state index contributed by atoms with van der Waals surface area (Å²) in [6, 6.07) is 0. The predicted octanol–water partition coefficient (Wildman–Crippen LogP) is 6.91. The number of unbranched alkanes of at least 4 members (excludes halogenated alkanes) is 8. The van der Waals surface area contributed by atoms with Crippen molar-refractivity contribution in [1.29, 1.82) is 0 Å². The number of aliphatic hydroxyl groups excluding tert-OH is 2. The maximum atomic E-state index is 11.8. The molecule has 0 spiro atoms. The van der Waals surface area contributed by atoms with E-state index in [4.69, 9.17) is 14.6 Å². The molecule has 0 aliphatic carbocycles.